The molecular weight excluding hydrogens is 555 g/mol. The number of halogens is 3. The second-order valence-corrected chi connectivity index (χ2v) is 9.84. The van der Waals surface area contributed by atoms with Crippen molar-refractivity contribution < 1.29 is 14.4 Å². The Bertz CT molecular complexity index is 1570. The molecule has 0 spiro atoms. The summed E-state index contributed by atoms with van der Waals surface area (Å²) in [6, 6.07) is 20.4. The maximum Gasteiger partial charge on any atom is 0.283 e. The van der Waals surface area contributed by atoms with E-state index >= 15 is 0 Å². The van der Waals surface area contributed by atoms with E-state index in [1.54, 1.807) is 24.3 Å². The molecule has 0 unspecified atom stereocenters. The molecule has 1 aromatic heterocycles. The van der Waals surface area contributed by atoms with Crippen LogP contribution in [-0.4, -0.2) is 22.7 Å². The zero-order chi connectivity index (χ0) is 26.1. The maximum atomic E-state index is 13.0. The molecule has 0 bridgehead atoms. The average Bonchev–Trinajstić information content (AvgIpc) is 3.45. The van der Waals surface area contributed by atoms with Crippen molar-refractivity contribution in [1.82, 2.24) is 4.98 Å². The standard InChI is InChI=1S/C26H15Cl3N4O3S/c27-18-11-10-17(12-19(18)28)33-24(35)21(29)22(25(33)36)30-16-8-6-15(7-9-16)23(34)32-26-31-20(13-37-26)14-4-2-1-3-5-14/h1-13,30H,(H,31,32,34). The van der Waals surface area contributed by atoms with Crippen LogP contribution in [0.15, 0.2) is 88.9 Å². The molecule has 0 aliphatic carbocycles. The Balaban J connectivity index is 1.27. The number of imide groups is 1. The quantitative estimate of drug-likeness (QED) is 0.249. The fourth-order valence-electron chi connectivity index (χ4n) is 3.56. The monoisotopic (exact) mass is 568 g/mol. The van der Waals surface area contributed by atoms with Gasteiger partial charge in [-0.05, 0) is 42.5 Å². The van der Waals surface area contributed by atoms with E-state index in [9.17, 15) is 14.4 Å². The fourth-order valence-corrected chi connectivity index (χ4v) is 4.78. The molecule has 3 aromatic carbocycles. The molecule has 1 aliphatic rings. The second kappa shape index (κ2) is 10.4. The molecule has 2 heterocycles. The summed E-state index contributed by atoms with van der Waals surface area (Å²) in [5.74, 6) is -1.68. The van der Waals surface area contributed by atoms with Crippen LogP contribution in [0.3, 0.4) is 0 Å². The molecule has 3 amide bonds. The molecule has 37 heavy (non-hydrogen) atoms. The van der Waals surface area contributed by atoms with Gasteiger partial charge in [0.2, 0.25) is 0 Å². The van der Waals surface area contributed by atoms with Gasteiger partial charge in [-0.2, -0.15) is 0 Å². The van der Waals surface area contributed by atoms with Crippen molar-refractivity contribution >= 4 is 80.4 Å². The van der Waals surface area contributed by atoms with E-state index in [0.717, 1.165) is 16.2 Å². The third-order valence-electron chi connectivity index (χ3n) is 5.40. The van der Waals surface area contributed by atoms with Crippen molar-refractivity contribution in [2.45, 2.75) is 0 Å². The van der Waals surface area contributed by atoms with Crippen LogP contribution >= 0.6 is 46.1 Å². The Morgan fingerprint density at radius 3 is 2.30 bits per heavy atom. The van der Waals surface area contributed by atoms with Gasteiger partial charge < -0.3 is 5.32 Å². The van der Waals surface area contributed by atoms with Gasteiger partial charge in [-0.1, -0.05) is 65.1 Å². The first kappa shape index (κ1) is 25.0. The highest BCUT2D eigenvalue weighted by Crippen LogP contribution is 2.33. The number of hydrogen-bond donors (Lipinski definition) is 2. The molecule has 5 rings (SSSR count). The first-order valence-corrected chi connectivity index (χ1v) is 12.8. The van der Waals surface area contributed by atoms with Gasteiger partial charge in [0.1, 0.15) is 10.7 Å². The van der Waals surface area contributed by atoms with Gasteiger partial charge in [-0.3, -0.25) is 19.7 Å². The number of carbonyl (C=O) groups is 3. The lowest BCUT2D eigenvalue weighted by Crippen LogP contribution is -2.32. The Morgan fingerprint density at radius 2 is 1.59 bits per heavy atom. The number of nitrogens with one attached hydrogen (secondary N) is 2. The SMILES string of the molecule is O=C(Nc1nc(-c2ccccc2)cs1)c1ccc(NC2=C(Cl)C(=O)N(c3ccc(Cl)c(Cl)c3)C2=O)cc1. The van der Waals surface area contributed by atoms with Crippen molar-refractivity contribution in [2.24, 2.45) is 0 Å². The van der Waals surface area contributed by atoms with Crippen molar-refractivity contribution in [3.63, 3.8) is 0 Å². The highest BCUT2D eigenvalue weighted by Gasteiger charge is 2.39. The molecule has 11 heteroatoms. The number of carbonyl (C=O) groups excluding carboxylic acids is 3. The minimum atomic E-state index is -0.693. The van der Waals surface area contributed by atoms with Crippen LogP contribution < -0.4 is 15.5 Å². The zero-order valence-corrected chi connectivity index (χ0v) is 21.8. The van der Waals surface area contributed by atoms with Crippen molar-refractivity contribution in [1.29, 1.82) is 0 Å². The molecule has 0 saturated heterocycles. The first-order chi connectivity index (χ1) is 17.8. The molecule has 0 saturated carbocycles. The predicted molar refractivity (Wildman–Crippen MR) is 147 cm³/mol. The lowest BCUT2D eigenvalue weighted by atomic mass is 10.2. The van der Waals surface area contributed by atoms with Crippen LogP contribution in [-0.2, 0) is 9.59 Å². The number of aromatic nitrogens is 1. The van der Waals surface area contributed by atoms with Gasteiger partial charge in [0, 0.05) is 22.2 Å². The van der Waals surface area contributed by atoms with E-state index in [4.69, 9.17) is 34.8 Å². The van der Waals surface area contributed by atoms with E-state index in [0.29, 0.717) is 16.4 Å². The summed E-state index contributed by atoms with van der Waals surface area (Å²) in [6.07, 6.45) is 0. The summed E-state index contributed by atoms with van der Waals surface area (Å²) in [7, 11) is 0. The normalized spacial score (nSPS) is 13.3. The summed E-state index contributed by atoms with van der Waals surface area (Å²) >= 11 is 19.5. The van der Waals surface area contributed by atoms with E-state index in [1.165, 1.54) is 29.5 Å². The molecule has 4 aromatic rings. The molecule has 0 radical (unpaired) electrons. The maximum absolute atomic E-state index is 13.0. The Hall–Kier alpha value is -3.69. The van der Waals surface area contributed by atoms with Crippen LogP contribution in [0.1, 0.15) is 10.4 Å². The zero-order valence-electron chi connectivity index (χ0n) is 18.7. The third kappa shape index (κ3) is 5.10. The molecule has 1 aliphatic heterocycles. The van der Waals surface area contributed by atoms with E-state index in [2.05, 4.69) is 15.6 Å². The molecule has 0 fully saturated rings. The highest BCUT2D eigenvalue weighted by molar-refractivity contribution is 7.14. The number of hydrogen-bond acceptors (Lipinski definition) is 6. The van der Waals surface area contributed by atoms with E-state index < -0.39 is 11.8 Å². The van der Waals surface area contributed by atoms with Crippen LogP contribution in [0, 0.1) is 0 Å². The summed E-state index contributed by atoms with van der Waals surface area (Å²) < 4.78 is 0. The van der Waals surface area contributed by atoms with Crippen molar-refractivity contribution in [2.75, 3.05) is 15.5 Å². The highest BCUT2D eigenvalue weighted by atomic mass is 35.5. The minimum Gasteiger partial charge on any atom is -0.350 e. The first-order valence-electron chi connectivity index (χ1n) is 10.7. The molecular formula is C26H15Cl3N4O3S. The summed E-state index contributed by atoms with van der Waals surface area (Å²) in [5.41, 5.74) is 2.72. The van der Waals surface area contributed by atoms with E-state index in [1.807, 2.05) is 35.7 Å². The molecule has 7 nitrogen and oxygen atoms in total. The fraction of sp³-hybridized carbons (Fsp3) is 0. The Morgan fingerprint density at radius 1 is 0.865 bits per heavy atom. The second-order valence-electron chi connectivity index (χ2n) is 7.79. The number of amides is 3. The summed E-state index contributed by atoms with van der Waals surface area (Å²) in [5, 5.41) is 8.21. The van der Waals surface area contributed by atoms with Crippen molar-refractivity contribution in [3.05, 3.63) is 105 Å². The Labute approximate surface area is 230 Å². The number of thiazole rings is 1. The number of anilines is 3. The van der Waals surface area contributed by atoms with Crippen LogP contribution in [0.2, 0.25) is 10.0 Å². The largest absolute Gasteiger partial charge is 0.350 e. The van der Waals surface area contributed by atoms with Gasteiger partial charge >= 0.3 is 0 Å². The van der Waals surface area contributed by atoms with Crippen LogP contribution in [0.5, 0.6) is 0 Å². The molecule has 184 valence electrons. The summed E-state index contributed by atoms with van der Waals surface area (Å²) in [4.78, 5) is 43.7. The lowest BCUT2D eigenvalue weighted by Gasteiger charge is -2.15. The van der Waals surface area contributed by atoms with Gasteiger partial charge in [0.25, 0.3) is 17.7 Å². The van der Waals surface area contributed by atoms with E-state index in [-0.39, 0.29) is 32.4 Å². The average molecular weight is 570 g/mol. The van der Waals surface area contributed by atoms with Gasteiger partial charge in [0.05, 0.1) is 21.4 Å². The number of rotatable bonds is 6. The summed E-state index contributed by atoms with van der Waals surface area (Å²) in [6.45, 7) is 0. The van der Waals surface area contributed by atoms with Gasteiger partial charge in [-0.15, -0.1) is 11.3 Å². The molecule has 0 atom stereocenters. The third-order valence-corrected chi connectivity index (χ3v) is 7.25. The smallest absolute Gasteiger partial charge is 0.283 e. The van der Waals surface area contributed by atoms with Gasteiger partial charge in [0.15, 0.2) is 5.13 Å². The number of benzene rings is 3. The van der Waals surface area contributed by atoms with Crippen LogP contribution in [0.25, 0.3) is 11.3 Å². The van der Waals surface area contributed by atoms with Crippen molar-refractivity contribution in [3.8, 4) is 11.3 Å². The van der Waals surface area contributed by atoms with Crippen LogP contribution in [0.4, 0.5) is 16.5 Å². The Kier molecular flexibility index (Phi) is 6.99. The topological polar surface area (TPSA) is 91.4 Å². The molecule has 2 N–H and O–H groups in total. The minimum absolute atomic E-state index is 0.0915. The lowest BCUT2D eigenvalue weighted by molar-refractivity contribution is -0.120. The number of nitrogens with zero attached hydrogens (tertiary/aromatic N) is 2. The van der Waals surface area contributed by atoms with Gasteiger partial charge in [-0.25, -0.2) is 9.88 Å². The predicted octanol–water partition coefficient (Wildman–Crippen LogP) is 6.80.